The van der Waals surface area contributed by atoms with Gasteiger partial charge < -0.3 is 9.32 Å². The Bertz CT molecular complexity index is 2840. The molecule has 3 heteroatoms. The molecule has 49 heavy (non-hydrogen) atoms. The first-order valence-electron chi connectivity index (χ1n) is 16.6. The Labute approximate surface area is 287 Å². The van der Waals surface area contributed by atoms with Gasteiger partial charge in [0, 0.05) is 48.0 Å². The summed E-state index contributed by atoms with van der Waals surface area (Å²) in [5.74, 6) is 0. The quantitative estimate of drug-likeness (QED) is 0.186. The summed E-state index contributed by atoms with van der Waals surface area (Å²) < 4.78 is 8.79. The van der Waals surface area contributed by atoms with Crippen molar-refractivity contribution < 1.29 is 4.42 Å². The molecular weight excluding hydrogens is 615 g/mol. The second-order valence-corrected chi connectivity index (χ2v) is 13.7. The first-order chi connectivity index (χ1) is 24.2. The Kier molecular flexibility index (Phi) is 6.39. The molecule has 0 bridgehead atoms. The van der Waals surface area contributed by atoms with E-state index in [4.69, 9.17) is 4.42 Å². The van der Waals surface area contributed by atoms with Gasteiger partial charge in [0.15, 0.2) is 0 Å². The third-order valence-electron chi connectivity index (χ3n) is 9.64. The zero-order valence-electron chi connectivity index (χ0n) is 26.5. The third kappa shape index (κ3) is 4.78. The number of thiophene rings is 1. The van der Waals surface area contributed by atoms with Gasteiger partial charge in [0.25, 0.3) is 0 Å². The number of hydrogen-bond acceptors (Lipinski definition) is 3. The lowest BCUT2D eigenvalue weighted by Crippen LogP contribution is -2.09. The van der Waals surface area contributed by atoms with Gasteiger partial charge in [-0.2, -0.15) is 0 Å². The van der Waals surface area contributed by atoms with Gasteiger partial charge in [-0.1, -0.05) is 109 Å². The number of rotatable bonds is 5. The zero-order valence-corrected chi connectivity index (χ0v) is 27.3. The van der Waals surface area contributed by atoms with E-state index in [0.29, 0.717) is 0 Å². The summed E-state index contributed by atoms with van der Waals surface area (Å²) in [4.78, 5) is 2.36. The van der Waals surface area contributed by atoms with Crippen LogP contribution < -0.4 is 4.90 Å². The largest absolute Gasteiger partial charge is 0.456 e. The summed E-state index contributed by atoms with van der Waals surface area (Å²) in [6, 6.07) is 63.4. The van der Waals surface area contributed by atoms with Crippen molar-refractivity contribution in [2.45, 2.75) is 0 Å². The standard InChI is InChI=1S/C46H29NOS/c1-2-9-32-27-35(17-16-30(32)8-1)34-11-7-10-33(26-34)31-18-20-36(21-19-31)47(37-23-25-44-42(28-37)39-12-3-5-14-43(39)48-44)38-22-24-41-40-13-4-6-15-45(40)49-46(41)29-38/h1-29H. The first-order valence-corrected chi connectivity index (χ1v) is 17.4. The maximum absolute atomic E-state index is 6.20. The van der Waals surface area contributed by atoms with E-state index in [1.165, 1.54) is 53.2 Å². The highest BCUT2D eigenvalue weighted by Gasteiger charge is 2.17. The predicted octanol–water partition coefficient (Wildman–Crippen LogP) is 13.9. The molecule has 0 saturated carbocycles. The van der Waals surface area contributed by atoms with Crippen LogP contribution in [0.2, 0.25) is 0 Å². The highest BCUT2D eigenvalue weighted by atomic mass is 32.1. The van der Waals surface area contributed by atoms with Crippen molar-refractivity contribution >= 4 is 81.3 Å². The summed E-state index contributed by atoms with van der Waals surface area (Å²) in [6.07, 6.45) is 0. The van der Waals surface area contributed by atoms with Crippen LogP contribution in [0.1, 0.15) is 0 Å². The summed E-state index contributed by atoms with van der Waals surface area (Å²) >= 11 is 1.85. The van der Waals surface area contributed by atoms with E-state index >= 15 is 0 Å². The number of anilines is 3. The van der Waals surface area contributed by atoms with Crippen molar-refractivity contribution in [3.63, 3.8) is 0 Å². The molecule has 10 rings (SSSR count). The average molecular weight is 644 g/mol. The van der Waals surface area contributed by atoms with Crippen molar-refractivity contribution in [2.75, 3.05) is 4.90 Å². The normalized spacial score (nSPS) is 11.7. The lowest BCUT2D eigenvalue weighted by molar-refractivity contribution is 0.669. The van der Waals surface area contributed by atoms with Crippen LogP contribution in [0, 0.1) is 0 Å². The highest BCUT2D eigenvalue weighted by molar-refractivity contribution is 7.25. The SMILES string of the molecule is c1cc(-c2ccc(N(c3ccc4c(c3)sc3ccccc34)c3ccc4oc5ccccc5c4c3)cc2)cc(-c2ccc3ccccc3c2)c1. The second-order valence-electron chi connectivity index (χ2n) is 12.6. The first kappa shape index (κ1) is 27.9. The minimum absolute atomic E-state index is 0.895. The molecule has 2 aromatic heterocycles. The maximum atomic E-state index is 6.20. The fraction of sp³-hybridized carbons (Fsp3) is 0. The van der Waals surface area contributed by atoms with Gasteiger partial charge in [0.05, 0.1) is 0 Å². The van der Waals surface area contributed by atoms with Crippen LogP contribution in [-0.2, 0) is 0 Å². The molecule has 2 heterocycles. The molecule has 0 aliphatic heterocycles. The number of para-hydroxylation sites is 1. The zero-order chi connectivity index (χ0) is 32.3. The lowest BCUT2D eigenvalue weighted by atomic mass is 9.97. The number of hydrogen-bond donors (Lipinski definition) is 0. The Morgan fingerprint density at radius 2 is 0.980 bits per heavy atom. The molecule has 0 fully saturated rings. The van der Waals surface area contributed by atoms with Gasteiger partial charge in [-0.05, 0) is 99.8 Å². The maximum Gasteiger partial charge on any atom is 0.135 e. The van der Waals surface area contributed by atoms with Crippen molar-refractivity contribution in [2.24, 2.45) is 0 Å². The molecule has 10 aromatic rings. The van der Waals surface area contributed by atoms with Crippen LogP contribution in [0.4, 0.5) is 17.1 Å². The van der Waals surface area contributed by atoms with Gasteiger partial charge >= 0.3 is 0 Å². The fourth-order valence-corrected chi connectivity index (χ4v) is 8.34. The molecule has 0 saturated heterocycles. The van der Waals surface area contributed by atoms with Gasteiger partial charge in [-0.3, -0.25) is 0 Å². The Morgan fingerprint density at radius 3 is 1.88 bits per heavy atom. The molecule has 0 aliphatic carbocycles. The van der Waals surface area contributed by atoms with Crippen molar-refractivity contribution in [3.8, 4) is 22.3 Å². The highest BCUT2D eigenvalue weighted by Crippen LogP contribution is 2.42. The van der Waals surface area contributed by atoms with E-state index in [2.05, 4.69) is 169 Å². The molecule has 0 radical (unpaired) electrons. The van der Waals surface area contributed by atoms with E-state index in [0.717, 1.165) is 39.0 Å². The molecule has 0 atom stereocenters. The minimum atomic E-state index is 0.895. The van der Waals surface area contributed by atoms with Gasteiger partial charge in [-0.15, -0.1) is 11.3 Å². The molecule has 0 spiro atoms. The Morgan fingerprint density at radius 1 is 0.347 bits per heavy atom. The van der Waals surface area contributed by atoms with E-state index in [9.17, 15) is 0 Å². The minimum Gasteiger partial charge on any atom is -0.456 e. The number of furan rings is 1. The lowest BCUT2D eigenvalue weighted by Gasteiger charge is -2.26. The molecule has 8 aromatic carbocycles. The van der Waals surface area contributed by atoms with Crippen LogP contribution in [0.5, 0.6) is 0 Å². The van der Waals surface area contributed by atoms with Crippen LogP contribution in [0.15, 0.2) is 180 Å². The molecule has 0 N–H and O–H groups in total. The Hall–Kier alpha value is -6.16. The molecule has 230 valence electrons. The fourth-order valence-electron chi connectivity index (χ4n) is 7.20. The molecule has 0 aliphatic rings. The van der Waals surface area contributed by atoms with Crippen LogP contribution in [-0.4, -0.2) is 0 Å². The molecule has 2 nitrogen and oxygen atoms in total. The molecule has 0 amide bonds. The third-order valence-corrected chi connectivity index (χ3v) is 10.8. The predicted molar refractivity (Wildman–Crippen MR) is 210 cm³/mol. The summed E-state index contributed by atoms with van der Waals surface area (Å²) in [7, 11) is 0. The van der Waals surface area contributed by atoms with E-state index in [1.807, 2.05) is 23.5 Å². The Balaban J connectivity index is 1.08. The van der Waals surface area contributed by atoms with Crippen LogP contribution >= 0.6 is 11.3 Å². The molecular formula is C46H29NOS. The van der Waals surface area contributed by atoms with Crippen LogP contribution in [0.3, 0.4) is 0 Å². The van der Waals surface area contributed by atoms with E-state index in [-0.39, 0.29) is 0 Å². The second kappa shape index (κ2) is 11.2. The summed E-state index contributed by atoms with van der Waals surface area (Å²) in [6.45, 7) is 0. The summed E-state index contributed by atoms with van der Waals surface area (Å²) in [5.41, 5.74) is 9.93. The number of benzene rings is 8. The topological polar surface area (TPSA) is 16.4 Å². The van der Waals surface area contributed by atoms with Crippen molar-refractivity contribution in [1.82, 2.24) is 0 Å². The smallest absolute Gasteiger partial charge is 0.135 e. The van der Waals surface area contributed by atoms with Crippen molar-refractivity contribution in [1.29, 1.82) is 0 Å². The van der Waals surface area contributed by atoms with Crippen molar-refractivity contribution in [3.05, 3.63) is 176 Å². The average Bonchev–Trinajstić information content (AvgIpc) is 3.73. The van der Waals surface area contributed by atoms with Gasteiger partial charge in [0.2, 0.25) is 0 Å². The summed E-state index contributed by atoms with van der Waals surface area (Å²) in [5, 5.41) is 7.35. The van der Waals surface area contributed by atoms with E-state index in [1.54, 1.807) is 0 Å². The van der Waals surface area contributed by atoms with E-state index < -0.39 is 0 Å². The number of fused-ring (bicyclic) bond motifs is 7. The molecule has 0 unspecified atom stereocenters. The van der Waals surface area contributed by atoms with Gasteiger partial charge in [-0.25, -0.2) is 0 Å². The van der Waals surface area contributed by atoms with Gasteiger partial charge in [0.1, 0.15) is 11.2 Å². The van der Waals surface area contributed by atoms with Crippen LogP contribution in [0.25, 0.3) is 75.1 Å². The number of nitrogens with zero attached hydrogens (tertiary/aromatic N) is 1. The monoisotopic (exact) mass is 643 g/mol.